The molecule has 0 saturated carbocycles. The highest BCUT2D eigenvalue weighted by atomic mass is 31.1. The molecule has 4 aromatic rings. The normalized spacial score (nSPS) is 14.0. The fourth-order valence-corrected chi connectivity index (χ4v) is 6.68. The van der Waals surface area contributed by atoms with Crippen LogP contribution in [0.3, 0.4) is 0 Å². The van der Waals surface area contributed by atoms with Crippen LogP contribution in [0.4, 0.5) is 0 Å². The second-order valence-corrected chi connectivity index (χ2v) is 10.2. The Hall–Kier alpha value is -3.09. The highest BCUT2D eigenvalue weighted by Gasteiger charge is 2.38. The van der Waals surface area contributed by atoms with Crippen LogP contribution < -0.4 is 20.7 Å². The van der Waals surface area contributed by atoms with E-state index in [1.165, 1.54) is 10.6 Å². The monoisotopic (exact) mass is 410 g/mol. The molecule has 0 fully saturated rings. The van der Waals surface area contributed by atoms with Crippen molar-refractivity contribution >= 4 is 23.8 Å². The van der Waals surface area contributed by atoms with Crippen LogP contribution in [-0.2, 0) is 5.41 Å². The van der Waals surface area contributed by atoms with Gasteiger partial charge in [-0.2, -0.15) is 0 Å². The summed E-state index contributed by atoms with van der Waals surface area (Å²) in [4.78, 5) is 0. The Morgan fingerprint density at radius 3 is 1.87 bits per heavy atom. The number of ether oxygens (including phenoxy) is 1. The van der Waals surface area contributed by atoms with Crippen LogP contribution in [-0.4, -0.2) is 5.11 Å². The Kier molecular flexibility index (Phi) is 4.60. The number of fused-ring (bicyclic) bond motifs is 2. The zero-order chi connectivity index (χ0) is 20.7. The molecule has 0 unspecified atom stereocenters. The average Bonchev–Trinajstić information content (AvgIpc) is 2.77. The Bertz CT molecular complexity index is 1160. The number of phenolic OH excluding ortho intramolecular Hbond substituents is 1. The van der Waals surface area contributed by atoms with Crippen LogP contribution in [0.25, 0.3) is 0 Å². The van der Waals surface area contributed by atoms with E-state index < -0.39 is 7.92 Å². The summed E-state index contributed by atoms with van der Waals surface area (Å²) >= 11 is 0. The summed E-state index contributed by atoms with van der Waals surface area (Å²) in [6.07, 6.45) is 0. The van der Waals surface area contributed by atoms with Crippen LogP contribution in [0.2, 0.25) is 0 Å². The zero-order valence-electron chi connectivity index (χ0n) is 17.0. The van der Waals surface area contributed by atoms with Crippen molar-refractivity contribution in [2.24, 2.45) is 0 Å². The van der Waals surface area contributed by atoms with Gasteiger partial charge < -0.3 is 9.84 Å². The summed E-state index contributed by atoms with van der Waals surface area (Å²) in [5, 5.41) is 15.0. The van der Waals surface area contributed by atoms with Gasteiger partial charge in [-0.3, -0.25) is 0 Å². The predicted molar refractivity (Wildman–Crippen MR) is 125 cm³/mol. The van der Waals surface area contributed by atoms with E-state index in [0.717, 1.165) is 27.9 Å². The molecule has 5 rings (SSSR count). The quantitative estimate of drug-likeness (QED) is 0.447. The SMILES string of the molecule is CC1(C)c2ccccc2Oc2ccc(P(c3ccccc3)c3ccccc3)c(O)c21. The van der Waals surface area contributed by atoms with Crippen molar-refractivity contribution in [1.29, 1.82) is 0 Å². The third kappa shape index (κ3) is 3.00. The van der Waals surface area contributed by atoms with Crippen LogP contribution in [0.1, 0.15) is 25.0 Å². The van der Waals surface area contributed by atoms with Crippen LogP contribution in [0, 0.1) is 0 Å². The summed E-state index contributed by atoms with van der Waals surface area (Å²) in [5.41, 5.74) is 1.59. The molecule has 0 spiro atoms. The first-order chi connectivity index (χ1) is 14.6. The van der Waals surface area contributed by atoms with E-state index in [0.29, 0.717) is 5.75 Å². The van der Waals surface area contributed by atoms with Crippen molar-refractivity contribution in [2.75, 3.05) is 0 Å². The van der Waals surface area contributed by atoms with E-state index in [-0.39, 0.29) is 5.41 Å². The Labute approximate surface area is 178 Å². The molecule has 148 valence electrons. The van der Waals surface area contributed by atoms with Gasteiger partial charge in [0.1, 0.15) is 17.2 Å². The molecule has 4 aromatic carbocycles. The predicted octanol–water partition coefficient (Wildman–Crippen LogP) is 5.58. The van der Waals surface area contributed by atoms with Gasteiger partial charge in [-0.05, 0) is 36.7 Å². The molecule has 0 bridgehead atoms. The van der Waals surface area contributed by atoms with Gasteiger partial charge in [-0.15, -0.1) is 0 Å². The zero-order valence-corrected chi connectivity index (χ0v) is 17.9. The third-order valence-electron chi connectivity index (χ3n) is 5.79. The summed E-state index contributed by atoms with van der Waals surface area (Å²) in [6.45, 7) is 4.31. The number of benzene rings is 4. The first-order valence-corrected chi connectivity index (χ1v) is 11.5. The van der Waals surface area contributed by atoms with E-state index in [2.05, 4.69) is 68.4 Å². The Balaban J connectivity index is 1.73. The summed E-state index contributed by atoms with van der Waals surface area (Å²) in [7, 11) is -0.896. The molecule has 1 aliphatic rings. The maximum Gasteiger partial charge on any atom is 0.135 e. The lowest BCUT2D eigenvalue weighted by Crippen LogP contribution is -2.28. The highest BCUT2D eigenvalue weighted by molar-refractivity contribution is 7.80. The largest absolute Gasteiger partial charge is 0.507 e. The topological polar surface area (TPSA) is 29.5 Å². The van der Waals surface area contributed by atoms with Gasteiger partial charge in [0.25, 0.3) is 0 Å². The molecule has 2 nitrogen and oxygen atoms in total. The lowest BCUT2D eigenvalue weighted by molar-refractivity contribution is 0.393. The molecule has 0 amide bonds. The van der Waals surface area contributed by atoms with Crippen LogP contribution in [0.5, 0.6) is 17.2 Å². The van der Waals surface area contributed by atoms with E-state index >= 15 is 0 Å². The van der Waals surface area contributed by atoms with E-state index in [9.17, 15) is 5.11 Å². The van der Waals surface area contributed by atoms with Crippen molar-refractivity contribution in [3.63, 3.8) is 0 Å². The lowest BCUT2D eigenvalue weighted by Gasteiger charge is -2.36. The molecule has 1 N–H and O–H groups in total. The molecule has 0 aromatic heterocycles. The van der Waals surface area contributed by atoms with E-state index in [4.69, 9.17) is 4.74 Å². The van der Waals surface area contributed by atoms with Crippen LogP contribution in [0.15, 0.2) is 97.1 Å². The number of rotatable bonds is 3. The molecule has 0 aliphatic carbocycles. The summed E-state index contributed by atoms with van der Waals surface area (Å²) in [5.74, 6) is 1.93. The minimum Gasteiger partial charge on any atom is -0.507 e. The van der Waals surface area contributed by atoms with E-state index in [1.807, 2.05) is 42.5 Å². The minimum atomic E-state index is -0.896. The molecule has 0 radical (unpaired) electrons. The molecular weight excluding hydrogens is 387 g/mol. The highest BCUT2D eigenvalue weighted by Crippen LogP contribution is 2.52. The summed E-state index contributed by atoms with van der Waals surface area (Å²) < 4.78 is 6.19. The number of aromatic hydroxyl groups is 1. The molecular formula is C27H23O2P. The maximum absolute atomic E-state index is 11.6. The average molecular weight is 410 g/mol. The molecule has 30 heavy (non-hydrogen) atoms. The minimum absolute atomic E-state index is 0.339. The lowest BCUT2D eigenvalue weighted by atomic mass is 9.75. The number of hydrogen-bond acceptors (Lipinski definition) is 2. The molecule has 0 atom stereocenters. The second-order valence-electron chi connectivity index (χ2n) is 8.04. The fraction of sp³-hybridized carbons (Fsp3) is 0.111. The smallest absolute Gasteiger partial charge is 0.135 e. The molecule has 0 saturated heterocycles. The maximum atomic E-state index is 11.6. The standard InChI is InChI=1S/C27H23O2P/c1-27(2)21-15-9-10-16-22(21)29-23-17-18-24(26(28)25(23)27)30(19-11-5-3-6-12-19)20-13-7-4-8-14-20/h3-18,28H,1-2H3. The first-order valence-electron chi connectivity index (χ1n) is 10.1. The molecule has 1 aliphatic heterocycles. The number of phenols is 1. The van der Waals surface area contributed by atoms with Crippen molar-refractivity contribution in [1.82, 2.24) is 0 Å². The van der Waals surface area contributed by atoms with Gasteiger partial charge in [-0.25, -0.2) is 0 Å². The van der Waals surface area contributed by atoms with Gasteiger partial charge >= 0.3 is 0 Å². The van der Waals surface area contributed by atoms with Crippen molar-refractivity contribution < 1.29 is 9.84 Å². The number of hydrogen-bond donors (Lipinski definition) is 1. The molecule has 3 heteroatoms. The first kappa shape index (κ1) is 18.9. The van der Waals surface area contributed by atoms with Gasteiger partial charge in [0.15, 0.2) is 0 Å². The van der Waals surface area contributed by atoms with Gasteiger partial charge in [0, 0.05) is 21.8 Å². The van der Waals surface area contributed by atoms with Crippen molar-refractivity contribution in [3.8, 4) is 17.2 Å². The fourth-order valence-electron chi connectivity index (χ4n) is 4.34. The van der Waals surface area contributed by atoms with Gasteiger partial charge in [0.05, 0.1) is 0 Å². The molecule has 1 heterocycles. The summed E-state index contributed by atoms with van der Waals surface area (Å²) in [6, 6.07) is 33.0. The number of para-hydroxylation sites is 1. The Morgan fingerprint density at radius 2 is 1.23 bits per heavy atom. The second kappa shape index (κ2) is 7.31. The van der Waals surface area contributed by atoms with Gasteiger partial charge in [-0.1, -0.05) is 92.7 Å². The third-order valence-corrected chi connectivity index (χ3v) is 8.27. The van der Waals surface area contributed by atoms with Crippen molar-refractivity contribution in [3.05, 3.63) is 108 Å². The van der Waals surface area contributed by atoms with Gasteiger partial charge in [0.2, 0.25) is 0 Å². The van der Waals surface area contributed by atoms with Crippen LogP contribution >= 0.6 is 7.92 Å². The van der Waals surface area contributed by atoms with E-state index in [1.54, 1.807) is 0 Å². The Morgan fingerprint density at radius 1 is 0.667 bits per heavy atom. The van der Waals surface area contributed by atoms with Crippen molar-refractivity contribution in [2.45, 2.75) is 19.3 Å².